The summed E-state index contributed by atoms with van der Waals surface area (Å²) in [5.74, 6) is -0.647. The molecule has 1 aliphatic rings. The van der Waals surface area contributed by atoms with Crippen LogP contribution in [-0.4, -0.2) is 34.9 Å². The summed E-state index contributed by atoms with van der Waals surface area (Å²) >= 11 is 0. The van der Waals surface area contributed by atoms with Crippen molar-refractivity contribution in [1.82, 2.24) is 4.90 Å². The molecule has 0 bridgehead atoms. The molecule has 0 radical (unpaired) electrons. The van der Waals surface area contributed by atoms with Crippen LogP contribution in [0, 0.1) is 18.7 Å². The molecule has 1 unspecified atom stereocenters. The smallest absolute Gasteiger partial charge is 0.254 e. The Hall–Kier alpha value is -2.11. The van der Waals surface area contributed by atoms with E-state index in [1.54, 1.807) is 17.9 Å². The predicted octanol–water partition coefficient (Wildman–Crippen LogP) is 1.73. The molecule has 0 aliphatic carbocycles. The quantitative estimate of drug-likeness (QED) is 0.374. The average Bonchev–Trinajstić information content (AvgIpc) is 2.48. The second kappa shape index (κ2) is 5.90. The van der Waals surface area contributed by atoms with Crippen molar-refractivity contribution in [3.8, 4) is 0 Å². The molecule has 1 aromatic rings. The minimum Gasteiger partial charge on any atom is -0.409 e. The molecule has 5 nitrogen and oxygen atoms in total. The van der Waals surface area contributed by atoms with Gasteiger partial charge in [0, 0.05) is 24.6 Å². The maximum atomic E-state index is 13.3. The highest BCUT2D eigenvalue weighted by Gasteiger charge is 2.27. The van der Waals surface area contributed by atoms with Crippen molar-refractivity contribution in [3.63, 3.8) is 0 Å². The molecule has 1 aromatic carbocycles. The second-order valence-electron chi connectivity index (χ2n) is 5.07. The highest BCUT2D eigenvalue weighted by atomic mass is 19.1. The van der Waals surface area contributed by atoms with Crippen LogP contribution in [0.4, 0.5) is 4.39 Å². The first-order chi connectivity index (χ1) is 9.52. The highest BCUT2D eigenvalue weighted by Crippen LogP contribution is 2.20. The maximum Gasteiger partial charge on any atom is 0.254 e. The average molecular weight is 279 g/mol. The first kappa shape index (κ1) is 14.3. The molecule has 6 heteroatoms. The number of rotatable bonds is 2. The van der Waals surface area contributed by atoms with Crippen molar-refractivity contribution in [1.29, 1.82) is 0 Å². The van der Waals surface area contributed by atoms with Gasteiger partial charge in [0.15, 0.2) is 0 Å². The van der Waals surface area contributed by atoms with Crippen LogP contribution in [0.2, 0.25) is 0 Å². The SMILES string of the molecule is Cc1ccc(F)cc1C(=O)N1CCCC(C(N)=NO)C1. The number of hydrogen-bond acceptors (Lipinski definition) is 3. The lowest BCUT2D eigenvalue weighted by molar-refractivity contribution is 0.0700. The van der Waals surface area contributed by atoms with Gasteiger partial charge in [0.05, 0.1) is 0 Å². The molecular weight excluding hydrogens is 261 g/mol. The molecular formula is C14H18FN3O2. The van der Waals surface area contributed by atoms with Gasteiger partial charge in [-0.3, -0.25) is 4.79 Å². The van der Waals surface area contributed by atoms with E-state index in [0.717, 1.165) is 18.4 Å². The lowest BCUT2D eigenvalue weighted by Gasteiger charge is -2.32. The summed E-state index contributed by atoms with van der Waals surface area (Å²) in [5.41, 5.74) is 6.71. The molecule has 108 valence electrons. The van der Waals surface area contributed by atoms with Gasteiger partial charge >= 0.3 is 0 Å². The van der Waals surface area contributed by atoms with Crippen LogP contribution in [0.5, 0.6) is 0 Å². The Balaban J connectivity index is 2.18. The van der Waals surface area contributed by atoms with Crippen molar-refractivity contribution in [2.45, 2.75) is 19.8 Å². The van der Waals surface area contributed by atoms with Gasteiger partial charge in [0.2, 0.25) is 0 Å². The van der Waals surface area contributed by atoms with Crippen molar-refractivity contribution in [2.24, 2.45) is 16.8 Å². The zero-order chi connectivity index (χ0) is 14.7. The van der Waals surface area contributed by atoms with E-state index in [0.29, 0.717) is 18.7 Å². The van der Waals surface area contributed by atoms with Crippen LogP contribution in [0.25, 0.3) is 0 Å². The topological polar surface area (TPSA) is 78.9 Å². The number of nitrogens with zero attached hydrogens (tertiary/aromatic N) is 2. The molecule has 20 heavy (non-hydrogen) atoms. The van der Waals surface area contributed by atoms with Gasteiger partial charge in [0.25, 0.3) is 5.91 Å². The number of hydrogen-bond donors (Lipinski definition) is 2. The van der Waals surface area contributed by atoms with E-state index in [4.69, 9.17) is 10.9 Å². The fourth-order valence-electron chi connectivity index (χ4n) is 2.48. The van der Waals surface area contributed by atoms with E-state index in [9.17, 15) is 9.18 Å². The fraction of sp³-hybridized carbons (Fsp3) is 0.429. The third-order valence-corrected chi connectivity index (χ3v) is 3.67. The third-order valence-electron chi connectivity index (χ3n) is 3.67. The Bertz CT molecular complexity index is 545. The van der Waals surface area contributed by atoms with Gasteiger partial charge < -0.3 is 15.8 Å². The molecule has 2 rings (SSSR count). The lowest BCUT2D eigenvalue weighted by atomic mass is 9.96. The number of nitrogens with two attached hydrogens (primary N) is 1. The molecule has 0 saturated carbocycles. The zero-order valence-corrected chi connectivity index (χ0v) is 11.3. The Morgan fingerprint density at radius 1 is 1.55 bits per heavy atom. The lowest BCUT2D eigenvalue weighted by Crippen LogP contribution is -2.44. The summed E-state index contributed by atoms with van der Waals surface area (Å²) < 4.78 is 13.3. The van der Waals surface area contributed by atoms with Crippen LogP contribution in [-0.2, 0) is 0 Å². The summed E-state index contributed by atoms with van der Waals surface area (Å²) in [6.45, 7) is 2.77. The second-order valence-corrected chi connectivity index (χ2v) is 5.07. The van der Waals surface area contributed by atoms with E-state index >= 15 is 0 Å². The van der Waals surface area contributed by atoms with Gasteiger partial charge in [-0.2, -0.15) is 0 Å². The highest BCUT2D eigenvalue weighted by molar-refractivity contribution is 5.96. The van der Waals surface area contributed by atoms with Gasteiger partial charge in [-0.25, -0.2) is 4.39 Å². The van der Waals surface area contributed by atoms with E-state index in [1.807, 2.05) is 0 Å². The zero-order valence-electron chi connectivity index (χ0n) is 11.3. The monoisotopic (exact) mass is 279 g/mol. The number of carbonyl (C=O) groups is 1. The van der Waals surface area contributed by atoms with Crippen LogP contribution < -0.4 is 5.73 Å². The molecule has 1 aliphatic heterocycles. The largest absolute Gasteiger partial charge is 0.409 e. The van der Waals surface area contributed by atoms with Gasteiger partial charge in [-0.1, -0.05) is 11.2 Å². The van der Waals surface area contributed by atoms with E-state index < -0.39 is 5.82 Å². The summed E-state index contributed by atoms with van der Waals surface area (Å²) in [5, 5.41) is 11.7. The minimum absolute atomic E-state index is 0.137. The van der Waals surface area contributed by atoms with Crippen molar-refractivity contribution < 1.29 is 14.4 Å². The molecule has 1 fully saturated rings. The van der Waals surface area contributed by atoms with Crippen LogP contribution in [0.3, 0.4) is 0 Å². The van der Waals surface area contributed by atoms with Crippen LogP contribution >= 0.6 is 0 Å². The van der Waals surface area contributed by atoms with Crippen LogP contribution in [0.1, 0.15) is 28.8 Å². The maximum absolute atomic E-state index is 13.3. The summed E-state index contributed by atoms with van der Waals surface area (Å²) in [4.78, 5) is 14.1. The third kappa shape index (κ3) is 2.89. The fourth-order valence-corrected chi connectivity index (χ4v) is 2.48. The standard InChI is InChI=1S/C14H18FN3O2/c1-9-4-5-11(15)7-12(9)14(19)18-6-2-3-10(8-18)13(16)17-20/h4-5,7,10,20H,2-3,6,8H2,1H3,(H2,16,17). The van der Waals surface area contributed by atoms with Crippen molar-refractivity contribution in [3.05, 3.63) is 35.1 Å². The van der Waals surface area contributed by atoms with Crippen molar-refractivity contribution in [2.75, 3.05) is 13.1 Å². The number of carbonyl (C=O) groups excluding carboxylic acids is 1. The Labute approximate surface area is 116 Å². The van der Waals surface area contributed by atoms with Crippen molar-refractivity contribution >= 4 is 11.7 Å². The number of amides is 1. The van der Waals surface area contributed by atoms with Crippen LogP contribution in [0.15, 0.2) is 23.4 Å². The summed E-state index contributed by atoms with van der Waals surface area (Å²) in [7, 11) is 0. The van der Waals surface area contributed by atoms with E-state index in [1.165, 1.54) is 12.1 Å². The molecule has 1 saturated heterocycles. The number of halogens is 1. The van der Waals surface area contributed by atoms with E-state index in [2.05, 4.69) is 5.16 Å². The Morgan fingerprint density at radius 2 is 2.30 bits per heavy atom. The Kier molecular flexibility index (Phi) is 4.22. The molecule has 1 heterocycles. The first-order valence-corrected chi connectivity index (χ1v) is 6.55. The molecule has 0 spiro atoms. The number of benzene rings is 1. The molecule has 1 atom stereocenters. The number of piperidine rings is 1. The first-order valence-electron chi connectivity index (χ1n) is 6.55. The number of oxime groups is 1. The van der Waals surface area contributed by atoms with E-state index in [-0.39, 0.29) is 17.7 Å². The van der Waals surface area contributed by atoms with Gasteiger partial charge in [0.1, 0.15) is 11.7 Å². The summed E-state index contributed by atoms with van der Waals surface area (Å²) in [6, 6.07) is 4.18. The number of amidine groups is 1. The molecule has 0 aromatic heterocycles. The normalized spacial score (nSPS) is 20.0. The predicted molar refractivity (Wildman–Crippen MR) is 73.2 cm³/mol. The Morgan fingerprint density at radius 3 is 3.00 bits per heavy atom. The summed E-state index contributed by atoms with van der Waals surface area (Å²) in [6.07, 6.45) is 1.56. The number of aryl methyl sites for hydroxylation is 1. The number of likely N-dealkylation sites (tertiary alicyclic amines) is 1. The molecule has 1 amide bonds. The minimum atomic E-state index is -0.427. The van der Waals surface area contributed by atoms with Gasteiger partial charge in [-0.15, -0.1) is 0 Å². The molecule has 3 N–H and O–H groups in total. The van der Waals surface area contributed by atoms with Gasteiger partial charge in [-0.05, 0) is 37.5 Å².